The Kier molecular flexibility index (Phi) is 6.07. The molecular weight excluding hydrogens is 458 g/mol. The fourth-order valence-electron chi connectivity index (χ4n) is 4.02. The lowest BCUT2D eigenvalue weighted by molar-refractivity contribution is 0.884. The number of amidine groups is 1. The van der Waals surface area contributed by atoms with E-state index in [4.69, 9.17) is 10.1 Å². The minimum absolute atomic E-state index is 0.510. The standard InChI is InChI=1S/C30H23N7/c1-4-12-22(13-5-1)28-23(21-37(36-28)25-16-8-3-9-17-25)20-31-35-30(32-24-14-6-2-7-15-24)29-33-26-18-10-11-19-27(26)34-29/h1-21H,(H,32,35)(H,33,34). The van der Waals surface area contributed by atoms with E-state index in [9.17, 15) is 0 Å². The Morgan fingerprint density at radius 3 is 2.22 bits per heavy atom. The summed E-state index contributed by atoms with van der Waals surface area (Å²) >= 11 is 0. The van der Waals surface area contributed by atoms with Gasteiger partial charge in [-0.1, -0.05) is 78.9 Å². The molecule has 0 fully saturated rings. The van der Waals surface area contributed by atoms with E-state index in [0.29, 0.717) is 11.7 Å². The molecule has 2 N–H and O–H groups in total. The number of nitrogens with zero attached hydrogens (tertiary/aromatic N) is 5. The van der Waals surface area contributed by atoms with Gasteiger partial charge in [-0.25, -0.2) is 9.67 Å². The van der Waals surface area contributed by atoms with Crippen LogP contribution >= 0.6 is 0 Å². The lowest BCUT2D eigenvalue weighted by atomic mass is 10.1. The molecule has 0 atom stereocenters. The van der Waals surface area contributed by atoms with Crippen molar-refractivity contribution < 1.29 is 0 Å². The molecule has 178 valence electrons. The summed E-state index contributed by atoms with van der Waals surface area (Å²) in [5.74, 6) is 1.11. The van der Waals surface area contributed by atoms with Crippen molar-refractivity contribution in [1.82, 2.24) is 19.7 Å². The van der Waals surface area contributed by atoms with Gasteiger partial charge in [0, 0.05) is 23.0 Å². The van der Waals surface area contributed by atoms with Crippen LogP contribution in [0, 0.1) is 0 Å². The number of fused-ring (bicyclic) bond motifs is 1. The molecule has 0 amide bonds. The molecule has 7 nitrogen and oxygen atoms in total. The smallest absolute Gasteiger partial charge is 0.196 e. The lowest BCUT2D eigenvalue weighted by Gasteiger charge is -2.06. The molecule has 4 aromatic carbocycles. The first-order valence-electron chi connectivity index (χ1n) is 11.9. The van der Waals surface area contributed by atoms with Gasteiger partial charge in [-0.15, -0.1) is 5.10 Å². The van der Waals surface area contributed by atoms with Gasteiger partial charge < -0.3 is 10.3 Å². The Balaban J connectivity index is 1.39. The number of anilines is 1. The first-order chi connectivity index (χ1) is 18.3. The van der Waals surface area contributed by atoms with Gasteiger partial charge in [0.1, 0.15) is 5.69 Å². The highest BCUT2D eigenvalue weighted by Crippen LogP contribution is 2.22. The summed E-state index contributed by atoms with van der Waals surface area (Å²) in [6, 6.07) is 37.8. The van der Waals surface area contributed by atoms with Gasteiger partial charge in [-0.05, 0) is 36.4 Å². The molecule has 0 aliphatic carbocycles. The van der Waals surface area contributed by atoms with E-state index in [1.54, 1.807) is 6.21 Å². The molecule has 0 aliphatic rings. The summed E-state index contributed by atoms with van der Waals surface area (Å²) in [6.45, 7) is 0. The van der Waals surface area contributed by atoms with Gasteiger partial charge in [-0.3, -0.25) is 0 Å². The van der Waals surface area contributed by atoms with Crippen LogP contribution in [0.1, 0.15) is 11.4 Å². The highest BCUT2D eigenvalue weighted by atomic mass is 15.3. The molecule has 0 radical (unpaired) electrons. The fraction of sp³-hybridized carbons (Fsp3) is 0. The van der Waals surface area contributed by atoms with Gasteiger partial charge in [0.2, 0.25) is 0 Å². The summed E-state index contributed by atoms with van der Waals surface area (Å²) in [5, 5.41) is 17.2. The van der Waals surface area contributed by atoms with E-state index in [1.165, 1.54) is 0 Å². The van der Waals surface area contributed by atoms with Gasteiger partial charge in [0.25, 0.3) is 0 Å². The third kappa shape index (κ3) is 4.92. The fourth-order valence-corrected chi connectivity index (χ4v) is 4.02. The molecule has 0 saturated carbocycles. The number of H-pyrrole nitrogens is 1. The Hall–Kier alpha value is -5.30. The van der Waals surface area contributed by atoms with E-state index >= 15 is 0 Å². The van der Waals surface area contributed by atoms with E-state index < -0.39 is 0 Å². The SMILES string of the molecule is C(=NN=C(Nc1ccccc1)c1nc2ccccc2[nH]1)c1cn(-c2ccccc2)nc1-c1ccccc1. The third-order valence-corrected chi connectivity index (χ3v) is 5.82. The van der Waals surface area contributed by atoms with Crippen LogP contribution in [0.15, 0.2) is 132 Å². The zero-order valence-electron chi connectivity index (χ0n) is 19.9. The van der Waals surface area contributed by atoms with Crippen molar-refractivity contribution >= 4 is 28.8 Å². The topological polar surface area (TPSA) is 83.3 Å². The maximum atomic E-state index is 4.85. The van der Waals surface area contributed by atoms with Crippen LogP contribution in [0.4, 0.5) is 5.69 Å². The molecule has 6 rings (SSSR count). The highest BCUT2D eigenvalue weighted by molar-refractivity contribution is 6.07. The van der Waals surface area contributed by atoms with Crippen LogP contribution in [0.25, 0.3) is 28.0 Å². The van der Waals surface area contributed by atoms with Crippen LogP contribution in [0.5, 0.6) is 0 Å². The molecule has 2 aromatic heterocycles. The molecule has 0 saturated heterocycles. The Morgan fingerprint density at radius 1 is 0.784 bits per heavy atom. The van der Waals surface area contributed by atoms with Crippen molar-refractivity contribution in [1.29, 1.82) is 0 Å². The van der Waals surface area contributed by atoms with Gasteiger partial charge >= 0.3 is 0 Å². The monoisotopic (exact) mass is 481 g/mol. The molecule has 0 aliphatic heterocycles. The van der Waals surface area contributed by atoms with E-state index in [1.807, 2.05) is 126 Å². The first-order valence-corrected chi connectivity index (χ1v) is 11.9. The second kappa shape index (κ2) is 10.1. The second-order valence-electron chi connectivity index (χ2n) is 8.37. The summed E-state index contributed by atoms with van der Waals surface area (Å²) in [7, 11) is 0. The molecule has 7 heteroatoms. The van der Waals surface area contributed by atoms with E-state index in [0.717, 1.165) is 39.2 Å². The average Bonchev–Trinajstić information content (AvgIpc) is 3.59. The summed E-state index contributed by atoms with van der Waals surface area (Å²) in [4.78, 5) is 8.04. The predicted molar refractivity (Wildman–Crippen MR) is 149 cm³/mol. The van der Waals surface area contributed by atoms with Crippen LogP contribution in [0.3, 0.4) is 0 Å². The zero-order chi connectivity index (χ0) is 24.9. The molecule has 0 bridgehead atoms. The number of hydrogen-bond donors (Lipinski definition) is 2. The Bertz CT molecular complexity index is 1650. The lowest BCUT2D eigenvalue weighted by Crippen LogP contribution is -2.15. The van der Waals surface area contributed by atoms with Gasteiger partial charge in [0.15, 0.2) is 11.7 Å². The largest absolute Gasteiger partial charge is 0.336 e. The number of para-hydroxylation sites is 4. The van der Waals surface area contributed by atoms with Crippen molar-refractivity contribution in [3.63, 3.8) is 0 Å². The maximum absolute atomic E-state index is 4.85. The molecule has 0 spiro atoms. The van der Waals surface area contributed by atoms with Crippen molar-refractivity contribution in [2.75, 3.05) is 5.32 Å². The normalized spacial score (nSPS) is 11.8. The number of benzene rings is 4. The van der Waals surface area contributed by atoms with Crippen molar-refractivity contribution in [3.8, 4) is 16.9 Å². The van der Waals surface area contributed by atoms with Crippen molar-refractivity contribution in [3.05, 3.63) is 133 Å². The highest BCUT2D eigenvalue weighted by Gasteiger charge is 2.12. The van der Waals surface area contributed by atoms with Crippen molar-refractivity contribution in [2.45, 2.75) is 0 Å². The van der Waals surface area contributed by atoms with E-state index in [2.05, 4.69) is 20.5 Å². The molecule has 6 aromatic rings. The second-order valence-corrected chi connectivity index (χ2v) is 8.37. The molecule has 2 heterocycles. The number of imidazole rings is 1. The number of hydrogen-bond acceptors (Lipinski definition) is 4. The predicted octanol–water partition coefficient (Wildman–Crippen LogP) is 6.31. The number of nitrogens with one attached hydrogen (secondary N) is 2. The van der Waals surface area contributed by atoms with Crippen LogP contribution in [0.2, 0.25) is 0 Å². The molecular formula is C30H23N7. The minimum Gasteiger partial charge on any atom is -0.336 e. The summed E-state index contributed by atoms with van der Waals surface area (Å²) in [6.07, 6.45) is 3.69. The number of aromatic nitrogens is 4. The average molecular weight is 482 g/mol. The molecule has 0 unspecified atom stereocenters. The maximum Gasteiger partial charge on any atom is 0.196 e. The quantitative estimate of drug-likeness (QED) is 0.166. The van der Waals surface area contributed by atoms with Crippen LogP contribution < -0.4 is 5.32 Å². The Labute approximate surface area is 213 Å². The van der Waals surface area contributed by atoms with Gasteiger partial charge in [-0.2, -0.15) is 10.2 Å². The summed E-state index contributed by atoms with van der Waals surface area (Å²) in [5.41, 5.74) is 6.32. The van der Waals surface area contributed by atoms with Crippen LogP contribution in [-0.4, -0.2) is 31.8 Å². The number of rotatable bonds is 6. The number of aromatic amines is 1. The van der Waals surface area contributed by atoms with Crippen molar-refractivity contribution in [2.24, 2.45) is 10.2 Å². The molecule has 37 heavy (non-hydrogen) atoms. The minimum atomic E-state index is 0.510. The first kappa shape index (κ1) is 22.2. The Morgan fingerprint density at radius 2 is 1.46 bits per heavy atom. The third-order valence-electron chi connectivity index (χ3n) is 5.82. The summed E-state index contributed by atoms with van der Waals surface area (Å²) < 4.78 is 1.86. The zero-order valence-corrected chi connectivity index (χ0v) is 19.9. The van der Waals surface area contributed by atoms with Crippen LogP contribution in [-0.2, 0) is 0 Å². The van der Waals surface area contributed by atoms with Gasteiger partial charge in [0.05, 0.1) is 22.9 Å². The van der Waals surface area contributed by atoms with E-state index in [-0.39, 0.29) is 0 Å².